The standard InChI is InChI=1S/C20H24FN7O3/c1-14(29)25-17-13-15(3-4-16(17)21)26-20(31)24-8-5-18(30)27-9-11-28(12-10-27)19-22-6-2-7-23-19/h2-4,6-7,13H,5,8-12H2,1H3,(H,25,29)(H2,24,26,31). The molecule has 3 N–H and O–H groups in total. The number of nitrogens with one attached hydrogen (secondary N) is 3. The Bertz CT molecular complexity index is 934. The first-order valence-corrected chi connectivity index (χ1v) is 9.84. The van der Waals surface area contributed by atoms with Gasteiger partial charge >= 0.3 is 6.03 Å². The molecular weight excluding hydrogens is 405 g/mol. The van der Waals surface area contributed by atoms with Gasteiger partial charge in [-0.2, -0.15) is 0 Å². The zero-order valence-corrected chi connectivity index (χ0v) is 17.1. The molecular formula is C20H24FN7O3. The molecule has 164 valence electrons. The molecule has 0 unspecified atom stereocenters. The molecule has 1 aromatic heterocycles. The van der Waals surface area contributed by atoms with Crippen molar-refractivity contribution in [3.05, 3.63) is 42.5 Å². The second kappa shape index (κ2) is 10.3. The van der Waals surface area contributed by atoms with Crippen molar-refractivity contribution in [1.82, 2.24) is 20.2 Å². The predicted octanol–water partition coefficient (Wildman–Crippen LogP) is 1.43. The lowest BCUT2D eigenvalue weighted by Gasteiger charge is -2.34. The Morgan fingerprint density at radius 1 is 1.06 bits per heavy atom. The Hall–Kier alpha value is -3.76. The van der Waals surface area contributed by atoms with E-state index in [4.69, 9.17) is 0 Å². The number of amides is 4. The summed E-state index contributed by atoms with van der Waals surface area (Å²) in [4.78, 5) is 47.7. The Balaban J connectivity index is 1.40. The fraction of sp³-hybridized carbons (Fsp3) is 0.350. The number of rotatable bonds is 6. The van der Waals surface area contributed by atoms with Crippen molar-refractivity contribution in [1.29, 1.82) is 0 Å². The number of benzene rings is 1. The molecule has 1 fully saturated rings. The average Bonchev–Trinajstić information content (AvgIpc) is 2.76. The van der Waals surface area contributed by atoms with Crippen LogP contribution in [0.1, 0.15) is 13.3 Å². The molecule has 0 bridgehead atoms. The highest BCUT2D eigenvalue weighted by atomic mass is 19.1. The molecule has 2 aromatic rings. The minimum atomic E-state index is -0.606. The van der Waals surface area contributed by atoms with Crippen LogP contribution in [-0.4, -0.2) is 65.4 Å². The summed E-state index contributed by atoms with van der Waals surface area (Å²) in [6.07, 6.45) is 3.53. The number of anilines is 3. The Morgan fingerprint density at radius 2 is 1.77 bits per heavy atom. The predicted molar refractivity (Wildman–Crippen MR) is 113 cm³/mol. The Kier molecular flexibility index (Phi) is 7.31. The number of hydrogen-bond donors (Lipinski definition) is 3. The number of hydrogen-bond acceptors (Lipinski definition) is 6. The van der Waals surface area contributed by atoms with Gasteiger partial charge in [0.2, 0.25) is 17.8 Å². The molecule has 4 amide bonds. The molecule has 0 spiro atoms. The number of nitrogens with zero attached hydrogens (tertiary/aromatic N) is 4. The third-order valence-electron chi connectivity index (χ3n) is 4.63. The highest BCUT2D eigenvalue weighted by Gasteiger charge is 2.22. The monoisotopic (exact) mass is 429 g/mol. The summed E-state index contributed by atoms with van der Waals surface area (Å²) in [5, 5.41) is 7.50. The zero-order valence-electron chi connectivity index (χ0n) is 17.1. The smallest absolute Gasteiger partial charge is 0.319 e. The van der Waals surface area contributed by atoms with Crippen LogP contribution < -0.4 is 20.9 Å². The molecule has 0 aliphatic carbocycles. The average molecular weight is 429 g/mol. The van der Waals surface area contributed by atoms with Crippen molar-refractivity contribution in [2.24, 2.45) is 0 Å². The minimum absolute atomic E-state index is 0.0273. The van der Waals surface area contributed by atoms with Gasteiger partial charge in [-0.3, -0.25) is 9.59 Å². The zero-order chi connectivity index (χ0) is 22.2. The van der Waals surface area contributed by atoms with Crippen molar-refractivity contribution >= 4 is 35.2 Å². The van der Waals surface area contributed by atoms with E-state index in [-0.39, 0.29) is 24.6 Å². The second-order valence-corrected chi connectivity index (χ2v) is 6.92. The van der Waals surface area contributed by atoms with E-state index in [2.05, 4.69) is 25.9 Å². The lowest BCUT2D eigenvalue weighted by Crippen LogP contribution is -2.49. The van der Waals surface area contributed by atoms with Crippen LogP contribution in [0.4, 0.5) is 26.5 Å². The molecule has 2 heterocycles. The van der Waals surface area contributed by atoms with E-state index in [0.717, 1.165) is 6.07 Å². The SMILES string of the molecule is CC(=O)Nc1cc(NC(=O)NCCC(=O)N2CCN(c3ncccn3)CC2)ccc1F. The third kappa shape index (κ3) is 6.36. The number of piperazine rings is 1. The van der Waals surface area contributed by atoms with Crippen LogP contribution in [0, 0.1) is 5.82 Å². The highest BCUT2D eigenvalue weighted by Crippen LogP contribution is 2.19. The molecule has 0 saturated carbocycles. The van der Waals surface area contributed by atoms with Gasteiger partial charge < -0.3 is 25.8 Å². The van der Waals surface area contributed by atoms with Gasteiger partial charge in [0.25, 0.3) is 0 Å². The van der Waals surface area contributed by atoms with Crippen LogP contribution >= 0.6 is 0 Å². The van der Waals surface area contributed by atoms with Crippen LogP contribution in [0.15, 0.2) is 36.7 Å². The second-order valence-electron chi connectivity index (χ2n) is 6.92. The van der Waals surface area contributed by atoms with Crippen molar-refractivity contribution in [2.45, 2.75) is 13.3 Å². The van der Waals surface area contributed by atoms with Crippen molar-refractivity contribution in [3.63, 3.8) is 0 Å². The molecule has 1 aliphatic heterocycles. The van der Waals surface area contributed by atoms with Gasteiger partial charge in [-0.15, -0.1) is 0 Å². The van der Waals surface area contributed by atoms with E-state index < -0.39 is 17.8 Å². The fourth-order valence-electron chi connectivity index (χ4n) is 3.12. The molecule has 10 nitrogen and oxygen atoms in total. The van der Waals surface area contributed by atoms with Gasteiger partial charge in [-0.25, -0.2) is 19.2 Å². The quantitative estimate of drug-likeness (QED) is 0.639. The summed E-state index contributed by atoms with van der Waals surface area (Å²) in [5.74, 6) is -0.430. The van der Waals surface area contributed by atoms with Gasteiger partial charge in [0.1, 0.15) is 5.82 Å². The fourth-order valence-corrected chi connectivity index (χ4v) is 3.12. The summed E-state index contributed by atoms with van der Waals surface area (Å²) < 4.78 is 13.7. The summed E-state index contributed by atoms with van der Waals surface area (Å²) in [6.45, 7) is 3.83. The van der Waals surface area contributed by atoms with E-state index in [1.54, 1.807) is 23.4 Å². The van der Waals surface area contributed by atoms with Crippen molar-refractivity contribution in [3.8, 4) is 0 Å². The van der Waals surface area contributed by atoms with Crippen LogP contribution in [0.5, 0.6) is 0 Å². The van der Waals surface area contributed by atoms with Gasteiger partial charge in [0.15, 0.2) is 0 Å². The van der Waals surface area contributed by atoms with Gasteiger partial charge in [0.05, 0.1) is 5.69 Å². The summed E-state index contributed by atoms with van der Waals surface area (Å²) in [6, 6.07) is 5.06. The molecule has 1 saturated heterocycles. The van der Waals surface area contributed by atoms with Crippen LogP contribution in [-0.2, 0) is 9.59 Å². The first-order valence-electron chi connectivity index (χ1n) is 9.84. The van der Waals surface area contributed by atoms with Crippen LogP contribution in [0.25, 0.3) is 0 Å². The first-order chi connectivity index (χ1) is 14.9. The van der Waals surface area contributed by atoms with E-state index in [0.29, 0.717) is 37.8 Å². The van der Waals surface area contributed by atoms with Gasteiger partial charge in [-0.1, -0.05) is 0 Å². The normalized spacial score (nSPS) is 13.5. The lowest BCUT2D eigenvalue weighted by atomic mass is 10.2. The number of carbonyl (C=O) groups excluding carboxylic acids is 3. The molecule has 1 aromatic carbocycles. The summed E-state index contributed by atoms with van der Waals surface area (Å²) in [5.41, 5.74) is 0.286. The summed E-state index contributed by atoms with van der Waals surface area (Å²) in [7, 11) is 0. The third-order valence-corrected chi connectivity index (χ3v) is 4.63. The van der Waals surface area contributed by atoms with Crippen molar-refractivity contribution < 1.29 is 18.8 Å². The topological polar surface area (TPSA) is 120 Å². The highest BCUT2D eigenvalue weighted by molar-refractivity contribution is 5.92. The van der Waals surface area contributed by atoms with Crippen LogP contribution in [0.2, 0.25) is 0 Å². The molecule has 1 aliphatic rings. The van der Waals surface area contributed by atoms with E-state index in [1.807, 2.05) is 4.90 Å². The van der Waals surface area contributed by atoms with Gasteiger partial charge in [-0.05, 0) is 24.3 Å². The maximum absolute atomic E-state index is 13.7. The van der Waals surface area contributed by atoms with Gasteiger partial charge in [0, 0.05) is 64.1 Å². The maximum Gasteiger partial charge on any atom is 0.319 e. The minimum Gasteiger partial charge on any atom is -0.339 e. The first kappa shape index (κ1) is 21.9. The summed E-state index contributed by atoms with van der Waals surface area (Å²) >= 11 is 0. The number of urea groups is 1. The maximum atomic E-state index is 13.7. The molecule has 3 rings (SSSR count). The molecule has 0 atom stereocenters. The number of carbonyl (C=O) groups is 3. The molecule has 0 radical (unpaired) electrons. The van der Waals surface area contributed by atoms with Crippen LogP contribution in [0.3, 0.4) is 0 Å². The van der Waals surface area contributed by atoms with Crippen molar-refractivity contribution in [2.75, 3.05) is 48.3 Å². The number of halogens is 1. The largest absolute Gasteiger partial charge is 0.339 e. The Labute approximate surface area is 178 Å². The van der Waals surface area contributed by atoms with E-state index in [9.17, 15) is 18.8 Å². The molecule has 11 heteroatoms. The Morgan fingerprint density at radius 3 is 2.45 bits per heavy atom. The molecule has 31 heavy (non-hydrogen) atoms. The number of aromatic nitrogens is 2. The van der Waals surface area contributed by atoms with E-state index >= 15 is 0 Å². The lowest BCUT2D eigenvalue weighted by molar-refractivity contribution is -0.131. The van der Waals surface area contributed by atoms with E-state index in [1.165, 1.54) is 19.1 Å².